The minimum atomic E-state index is 0.203. The van der Waals surface area contributed by atoms with E-state index in [0.29, 0.717) is 18.3 Å². The Labute approximate surface area is 126 Å². The Kier molecular flexibility index (Phi) is 5.07. The van der Waals surface area contributed by atoms with E-state index in [-0.39, 0.29) is 5.41 Å². The maximum Gasteiger partial charge on any atom is 0.226 e. The molecule has 0 spiro atoms. The summed E-state index contributed by atoms with van der Waals surface area (Å²) in [7, 11) is 0. The number of rotatable bonds is 7. The van der Waals surface area contributed by atoms with Crippen LogP contribution in [0, 0.1) is 5.41 Å². The molecule has 0 bridgehead atoms. The third-order valence-corrected chi connectivity index (χ3v) is 3.83. The van der Waals surface area contributed by atoms with Crippen LogP contribution in [0.1, 0.15) is 45.1 Å². The third kappa shape index (κ3) is 4.11. The number of pyridine rings is 1. The Bertz CT molecular complexity index is 577. The standard InChI is InChI=1S/C16H24N4O/c1-4-12-11-18-10-6-13(12)15-19-14(21-20-15)5-7-16(2,3)8-9-17/h6,10-11H,4-5,7-9,17H2,1-3H3. The molecule has 114 valence electrons. The molecule has 0 unspecified atom stereocenters. The van der Waals surface area contributed by atoms with Crippen molar-refractivity contribution in [3.63, 3.8) is 0 Å². The lowest BCUT2D eigenvalue weighted by Crippen LogP contribution is -2.17. The Balaban J connectivity index is 2.08. The minimum Gasteiger partial charge on any atom is -0.339 e. The quantitative estimate of drug-likeness (QED) is 0.847. The largest absolute Gasteiger partial charge is 0.339 e. The van der Waals surface area contributed by atoms with Crippen molar-refractivity contribution in [2.45, 2.75) is 46.5 Å². The van der Waals surface area contributed by atoms with E-state index < -0.39 is 0 Å². The summed E-state index contributed by atoms with van der Waals surface area (Å²) in [6.07, 6.45) is 7.29. The number of hydrogen-bond acceptors (Lipinski definition) is 5. The van der Waals surface area contributed by atoms with Gasteiger partial charge in [-0.1, -0.05) is 25.9 Å². The molecule has 0 aromatic carbocycles. The number of nitrogens with two attached hydrogens (primary N) is 1. The van der Waals surface area contributed by atoms with Gasteiger partial charge >= 0.3 is 0 Å². The van der Waals surface area contributed by atoms with E-state index in [4.69, 9.17) is 10.3 Å². The van der Waals surface area contributed by atoms with Crippen molar-refractivity contribution in [2.75, 3.05) is 6.54 Å². The third-order valence-electron chi connectivity index (χ3n) is 3.83. The summed E-state index contributed by atoms with van der Waals surface area (Å²) >= 11 is 0. The van der Waals surface area contributed by atoms with E-state index in [1.54, 1.807) is 6.20 Å². The van der Waals surface area contributed by atoms with Crippen LogP contribution in [0.5, 0.6) is 0 Å². The highest BCUT2D eigenvalue weighted by Gasteiger charge is 2.19. The average Bonchev–Trinajstić information content (AvgIpc) is 2.94. The topological polar surface area (TPSA) is 77.8 Å². The fourth-order valence-corrected chi connectivity index (χ4v) is 2.35. The molecule has 0 saturated heterocycles. The van der Waals surface area contributed by atoms with Crippen LogP contribution in [0.4, 0.5) is 0 Å². The van der Waals surface area contributed by atoms with E-state index in [0.717, 1.165) is 36.8 Å². The van der Waals surface area contributed by atoms with Gasteiger partial charge in [-0.2, -0.15) is 4.98 Å². The van der Waals surface area contributed by atoms with Gasteiger partial charge in [0, 0.05) is 24.4 Å². The summed E-state index contributed by atoms with van der Waals surface area (Å²) in [6.45, 7) is 7.24. The molecule has 21 heavy (non-hydrogen) atoms. The molecule has 2 aromatic heterocycles. The van der Waals surface area contributed by atoms with Gasteiger partial charge in [-0.3, -0.25) is 4.98 Å². The highest BCUT2D eigenvalue weighted by Crippen LogP contribution is 2.27. The predicted octanol–water partition coefficient (Wildman–Crippen LogP) is 3.00. The van der Waals surface area contributed by atoms with E-state index in [1.165, 1.54) is 0 Å². The van der Waals surface area contributed by atoms with Gasteiger partial charge in [0.1, 0.15) is 0 Å². The van der Waals surface area contributed by atoms with E-state index >= 15 is 0 Å². The summed E-state index contributed by atoms with van der Waals surface area (Å²) in [5, 5.41) is 4.10. The fourth-order valence-electron chi connectivity index (χ4n) is 2.35. The first-order valence-electron chi connectivity index (χ1n) is 7.51. The maximum atomic E-state index is 5.64. The van der Waals surface area contributed by atoms with Crippen LogP contribution in [0.15, 0.2) is 23.0 Å². The van der Waals surface area contributed by atoms with Crippen LogP contribution >= 0.6 is 0 Å². The van der Waals surface area contributed by atoms with Crippen molar-refractivity contribution >= 4 is 0 Å². The van der Waals surface area contributed by atoms with Gasteiger partial charge in [0.25, 0.3) is 0 Å². The molecular weight excluding hydrogens is 264 g/mol. The minimum absolute atomic E-state index is 0.203. The van der Waals surface area contributed by atoms with E-state index in [1.807, 2.05) is 12.3 Å². The van der Waals surface area contributed by atoms with Crippen molar-refractivity contribution in [2.24, 2.45) is 11.1 Å². The van der Waals surface area contributed by atoms with Crippen molar-refractivity contribution in [1.82, 2.24) is 15.1 Å². The van der Waals surface area contributed by atoms with E-state index in [9.17, 15) is 0 Å². The lowest BCUT2D eigenvalue weighted by atomic mass is 9.84. The molecule has 2 N–H and O–H groups in total. The van der Waals surface area contributed by atoms with Crippen molar-refractivity contribution < 1.29 is 4.52 Å². The molecular formula is C16H24N4O. The first kappa shape index (κ1) is 15.6. The SMILES string of the molecule is CCc1cnccc1-c1noc(CCC(C)(C)CCN)n1. The Morgan fingerprint density at radius 1 is 1.29 bits per heavy atom. The second-order valence-electron chi connectivity index (χ2n) is 6.10. The van der Waals surface area contributed by atoms with Crippen LogP contribution in [0.2, 0.25) is 0 Å². The highest BCUT2D eigenvalue weighted by atomic mass is 16.5. The first-order valence-corrected chi connectivity index (χ1v) is 7.51. The predicted molar refractivity (Wildman–Crippen MR) is 82.7 cm³/mol. The molecule has 0 aliphatic rings. The maximum absolute atomic E-state index is 5.64. The molecule has 2 heterocycles. The Morgan fingerprint density at radius 3 is 2.81 bits per heavy atom. The zero-order valence-electron chi connectivity index (χ0n) is 13.1. The number of aromatic nitrogens is 3. The second-order valence-corrected chi connectivity index (χ2v) is 6.10. The van der Waals surface area contributed by atoms with Crippen LogP contribution in [-0.2, 0) is 12.8 Å². The van der Waals surface area contributed by atoms with Gasteiger partial charge in [0.15, 0.2) is 0 Å². The summed E-state index contributed by atoms with van der Waals surface area (Å²) in [6, 6.07) is 1.94. The van der Waals surface area contributed by atoms with Crippen molar-refractivity contribution in [3.05, 3.63) is 29.9 Å². The lowest BCUT2D eigenvalue weighted by molar-refractivity contribution is 0.289. The Morgan fingerprint density at radius 2 is 2.10 bits per heavy atom. The smallest absolute Gasteiger partial charge is 0.226 e. The van der Waals surface area contributed by atoms with Gasteiger partial charge in [0.05, 0.1) is 0 Å². The summed E-state index contributed by atoms with van der Waals surface area (Å²) in [5.41, 5.74) is 7.98. The van der Waals surface area contributed by atoms with Gasteiger partial charge < -0.3 is 10.3 Å². The van der Waals surface area contributed by atoms with Crippen molar-refractivity contribution in [3.8, 4) is 11.4 Å². The number of hydrogen-bond donors (Lipinski definition) is 1. The zero-order valence-corrected chi connectivity index (χ0v) is 13.1. The molecule has 0 radical (unpaired) electrons. The Hall–Kier alpha value is -1.75. The van der Waals surface area contributed by atoms with Gasteiger partial charge in [-0.15, -0.1) is 0 Å². The molecule has 0 amide bonds. The van der Waals surface area contributed by atoms with Gasteiger partial charge in [-0.25, -0.2) is 0 Å². The van der Waals surface area contributed by atoms with Gasteiger partial charge in [0.2, 0.25) is 11.7 Å². The average molecular weight is 288 g/mol. The van der Waals surface area contributed by atoms with Crippen LogP contribution in [0.25, 0.3) is 11.4 Å². The van der Waals surface area contributed by atoms with Crippen molar-refractivity contribution in [1.29, 1.82) is 0 Å². The molecule has 0 atom stereocenters. The van der Waals surface area contributed by atoms with Crippen LogP contribution < -0.4 is 5.73 Å². The summed E-state index contributed by atoms with van der Waals surface area (Å²) < 4.78 is 5.38. The number of nitrogens with zero attached hydrogens (tertiary/aromatic N) is 3. The van der Waals surface area contributed by atoms with Crippen LogP contribution in [-0.4, -0.2) is 21.7 Å². The molecule has 5 nitrogen and oxygen atoms in total. The molecule has 0 saturated carbocycles. The first-order chi connectivity index (χ1) is 10.1. The lowest BCUT2D eigenvalue weighted by Gasteiger charge is -2.22. The molecule has 5 heteroatoms. The molecule has 2 aromatic rings. The van der Waals surface area contributed by atoms with Crippen LogP contribution in [0.3, 0.4) is 0 Å². The molecule has 0 aliphatic heterocycles. The number of aryl methyl sites for hydroxylation is 2. The second kappa shape index (κ2) is 6.80. The molecule has 0 fully saturated rings. The normalized spacial score (nSPS) is 11.8. The summed E-state index contributed by atoms with van der Waals surface area (Å²) in [5.74, 6) is 1.34. The highest BCUT2D eigenvalue weighted by molar-refractivity contribution is 5.58. The molecule has 2 rings (SSSR count). The summed E-state index contributed by atoms with van der Waals surface area (Å²) in [4.78, 5) is 8.66. The van der Waals surface area contributed by atoms with Gasteiger partial charge in [-0.05, 0) is 42.9 Å². The molecule has 0 aliphatic carbocycles. The monoisotopic (exact) mass is 288 g/mol. The fraction of sp³-hybridized carbons (Fsp3) is 0.562. The van der Waals surface area contributed by atoms with E-state index in [2.05, 4.69) is 35.9 Å². The zero-order chi connectivity index (χ0) is 15.3.